The van der Waals surface area contributed by atoms with Gasteiger partial charge in [-0.3, -0.25) is 0 Å². The fourth-order valence-corrected chi connectivity index (χ4v) is 4.04. The average Bonchev–Trinajstić information content (AvgIpc) is 2.40. The summed E-state index contributed by atoms with van der Waals surface area (Å²) in [6.45, 7) is 3.13. The standard InChI is InChI=1S/C14H21ClN2O3S/c1-10-7-12(5-6-20-10)17-21(18,19)13-4-3-11(9-16-2)14(15)8-13/h3-4,8,10,12,16-17H,5-7,9H2,1-2H3. The average molecular weight is 333 g/mol. The van der Waals surface area contributed by atoms with Crippen LogP contribution in [-0.4, -0.2) is 34.2 Å². The Kier molecular flexibility index (Phi) is 5.62. The van der Waals surface area contributed by atoms with E-state index in [0.717, 1.165) is 5.56 Å². The maximum atomic E-state index is 12.4. The lowest BCUT2D eigenvalue weighted by Crippen LogP contribution is -2.41. The van der Waals surface area contributed by atoms with Gasteiger partial charge in [-0.05, 0) is 44.5 Å². The van der Waals surface area contributed by atoms with Crippen molar-refractivity contribution in [2.24, 2.45) is 0 Å². The topological polar surface area (TPSA) is 67.4 Å². The minimum absolute atomic E-state index is 0.0769. The highest BCUT2D eigenvalue weighted by Crippen LogP contribution is 2.22. The van der Waals surface area contributed by atoms with Gasteiger partial charge in [-0.2, -0.15) is 0 Å². The third-order valence-electron chi connectivity index (χ3n) is 3.51. The fraction of sp³-hybridized carbons (Fsp3) is 0.571. The normalized spacial score (nSPS) is 23.2. The molecular weight excluding hydrogens is 312 g/mol. The number of hydrogen-bond donors (Lipinski definition) is 2. The van der Waals surface area contributed by atoms with Gasteiger partial charge in [0.1, 0.15) is 0 Å². The Morgan fingerprint density at radius 3 is 2.81 bits per heavy atom. The van der Waals surface area contributed by atoms with Gasteiger partial charge in [0, 0.05) is 24.2 Å². The molecule has 2 atom stereocenters. The molecule has 0 aromatic heterocycles. The van der Waals surface area contributed by atoms with Crippen molar-refractivity contribution in [3.05, 3.63) is 28.8 Å². The Morgan fingerprint density at radius 1 is 1.43 bits per heavy atom. The van der Waals surface area contributed by atoms with Gasteiger partial charge in [-0.1, -0.05) is 17.7 Å². The van der Waals surface area contributed by atoms with Crippen LogP contribution in [0.15, 0.2) is 23.1 Å². The second-order valence-corrected chi connectivity index (χ2v) is 7.43. The summed E-state index contributed by atoms with van der Waals surface area (Å²) < 4.78 is 33.0. The number of benzene rings is 1. The Balaban J connectivity index is 2.13. The summed E-state index contributed by atoms with van der Waals surface area (Å²) >= 11 is 6.13. The Bertz CT molecular complexity index is 592. The molecule has 0 bridgehead atoms. The van der Waals surface area contributed by atoms with Crippen molar-refractivity contribution in [3.63, 3.8) is 0 Å². The zero-order chi connectivity index (χ0) is 15.5. The summed E-state index contributed by atoms with van der Waals surface area (Å²) in [6, 6.07) is 4.73. The minimum atomic E-state index is -3.55. The van der Waals surface area contributed by atoms with Crippen LogP contribution < -0.4 is 10.0 Å². The molecule has 1 aliphatic rings. The molecule has 2 N–H and O–H groups in total. The van der Waals surface area contributed by atoms with Crippen LogP contribution in [-0.2, 0) is 21.3 Å². The second-order valence-electron chi connectivity index (χ2n) is 5.31. The van der Waals surface area contributed by atoms with Crippen molar-refractivity contribution in [1.82, 2.24) is 10.0 Å². The van der Waals surface area contributed by atoms with Gasteiger partial charge in [0.15, 0.2) is 0 Å². The molecule has 5 nitrogen and oxygen atoms in total. The van der Waals surface area contributed by atoms with E-state index in [1.54, 1.807) is 12.1 Å². The maximum Gasteiger partial charge on any atom is 0.240 e. The Hall–Kier alpha value is -0.660. The molecule has 1 saturated heterocycles. The lowest BCUT2D eigenvalue weighted by atomic mass is 10.1. The van der Waals surface area contributed by atoms with E-state index in [1.165, 1.54) is 6.07 Å². The highest BCUT2D eigenvalue weighted by molar-refractivity contribution is 7.89. The summed E-state index contributed by atoms with van der Waals surface area (Å²) in [5, 5.41) is 3.44. The first-order valence-corrected chi connectivity index (χ1v) is 8.85. The molecule has 0 amide bonds. The number of halogens is 1. The first-order chi connectivity index (χ1) is 9.92. The highest BCUT2D eigenvalue weighted by Gasteiger charge is 2.25. The number of ether oxygens (including phenoxy) is 1. The van der Waals surface area contributed by atoms with Crippen molar-refractivity contribution < 1.29 is 13.2 Å². The molecule has 21 heavy (non-hydrogen) atoms. The van der Waals surface area contributed by atoms with Crippen LogP contribution in [0.5, 0.6) is 0 Å². The zero-order valence-corrected chi connectivity index (χ0v) is 13.8. The Labute approximate surface area is 131 Å². The lowest BCUT2D eigenvalue weighted by Gasteiger charge is -2.27. The van der Waals surface area contributed by atoms with E-state index in [4.69, 9.17) is 16.3 Å². The quantitative estimate of drug-likeness (QED) is 0.864. The first kappa shape index (κ1) is 16.7. The van der Waals surface area contributed by atoms with E-state index in [0.29, 0.717) is 31.0 Å². The van der Waals surface area contributed by atoms with Crippen molar-refractivity contribution in [2.75, 3.05) is 13.7 Å². The smallest absolute Gasteiger partial charge is 0.240 e. The molecule has 2 unspecified atom stereocenters. The molecule has 2 rings (SSSR count). The number of rotatable bonds is 5. The third kappa shape index (κ3) is 4.40. The molecule has 0 radical (unpaired) electrons. The predicted octanol–water partition coefficient (Wildman–Crippen LogP) is 1.91. The molecule has 0 spiro atoms. The molecule has 1 fully saturated rings. The van der Waals surface area contributed by atoms with E-state index >= 15 is 0 Å². The SMILES string of the molecule is CNCc1ccc(S(=O)(=O)NC2CCOC(C)C2)cc1Cl. The van der Waals surface area contributed by atoms with Crippen LogP contribution in [0.4, 0.5) is 0 Å². The van der Waals surface area contributed by atoms with Crippen LogP contribution in [0, 0.1) is 0 Å². The monoisotopic (exact) mass is 332 g/mol. The number of hydrogen-bond acceptors (Lipinski definition) is 4. The molecule has 1 aliphatic heterocycles. The van der Waals surface area contributed by atoms with E-state index in [9.17, 15) is 8.42 Å². The third-order valence-corrected chi connectivity index (χ3v) is 5.38. The van der Waals surface area contributed by atoms with Crippen molar-refractivity contribution in [2.45, 2.75) is 43.4 Å². The summed E-state index contributed by atoms with van der Waals surface area (Å²) in [6.07, 6.45) is 1.45. The van der Waals surface area contributed by atoms with Crippen LogP contribution in [0.25, 0.3) is 0 Å². The summed E-state index contributed by atoms with van der Waals surface area (Å²) in [5.41, 5.74) is 0.873. The van der Waals surface area contributed by atoms with E-state index < -0.39 is 10.0 Å². The lowest BCUT2D eigenvalue weighted by molar-refractivity contribution is 0.0173. The molecule has 0 aliphatic carbocycles. The number of nitrogens with one attached hydrogen (secondary N) is 2. The van der Waals surface area contributed by atoms with E-state index in [1.807, 2.05) is 14.0 Å². The summed E-state index contributed by atoms with van der Waals surface area (Å²) in [5.74, 6) is 0. The van der Waals surface area contributed by atoms with Gasteiger partial charge in [0.2, 0.25) is 10.0 Å². The first-order valence-electron chi connectivity index (χ1n) is 6.99. The van der Waals surface area contributed by atoms with Gasteiger partial charge >= 0.3 is 0 Å². The molecule has 118 valence electrons. The predicted molar refractivity (Wildman–Crippen MR) is 83.0 cm³/mol. The van der Waals surface area contributed by atoms with Gasteiger partial charge in [0.05, 0.1) is 11.0 Å². The van der Waals surface area contributed by atoms with Crippen molar-refractivity contribution in [1.29, 1.82) is 0 Å². The maximum absolute atomic E-state index is 12.4. The van der Waals surface area contributed by atoms with E-state index in [2.05, 4.69) is 10.0 Å². The second kappa shape index (κ2) is 7.07. The van der Waals surface area contributed by atoms with E-state index in [-0.39, 0.29) is 17.0 Å². The molecule has 1 aromatic carbocycles. The van der Waals surface area contributed by atoms with Crippen molar-refractivity contribution >= 4 is 21.6 Å². The summed E-state index contributed by atoms with van der Waals surface area (Å²) in [4.78, 5) is 0.200. The summed E-state index contributed by atoms with van der Waals surface area (Å²) in [7, 11) is -1.73. The van der Waals surface area contributed by atoms with Crippen molar-refractivity contribution in [3.8, 4) is 0 Å². The van der Waals surface area contributed by atoms with Crippen LogP contribution in [0.1, 0.15) is 25.3 Å². The minimum Gasteiger partial charge on any atom is -0.378 e. The van der Waals surface area contributed by atoms with Gasteiger partial charge in [0.25, 0.3) is 0 Å². The van der Waals surface area contributed by atoms with Crippen LogP contribution in [0.3, 0.4) is 0 Å². The Morgan fingerprint density at radius 2 is 2.19 bits per heavy atom. The van der Waals surface area contributed by atoms with Crippen LogP contribution in [0.2, 0.25) is 5.02 Å². The molecule has 0 saturated carbocycles. The largest absolute Gasteiger partial charge is 0.378 e. The van der Waals surface area contributed by atoms with Crippen LogP contribution >= 0.6 is 11.6 Å². The highest BCUT2D eigenvalue weighted by atomic mass is 35.5. The molecule has 1 heterocycles. The zero-order valence-electron chi connectivity index (χ0n) is 12.2. The molecule has 1 aromatic rings. The van der Waals surface area contributed by atoms with Gasteiger partial charge in [-0.15, -0.1) is 0 Å². The van der Waals surface area contributed by atoms with Gasteiger partial charge < -0.3 is 10.1 Å². The molecule has 7 heteroatoms. The molecular formula is C14H21ClN2O3S. The fourth-order valence-electron chi connectivity index (χ4n) is 2.42. The van der Waals surface area contributed by atoms with Gasteiger partial charge in [-0.25, -0.2) is 13.1 Å². The number of sulfonamides is 1.